The zero-order valence-electron chi connectivity index (χ0n) is 13.0. The van der Waals surface area contributed by atoms with E-state index in [-0.39, 0.29) is 5.56 Å². The molecule has 0 radical (unpaired) electrons. The van der Waals surface area contributed by atoms with E-state index in [9.17, 15) is 19.8 Å². The molecule has 0 heterocycles. The predicted octanol–water partition coefficient (Wildman–Crippen LogP) is 0.372. The monoisotopic (exact) mass is 310 g/mol. The van der Waals surface area contributed by atoms with Gasteiger partial charge in [0.05, 0.1) is 13.1 Å². The van der Waals surface area contributed by atoms with Crippen LogP contribution in [0.5, 0.6) is 5.75 Å². The summed E-state index contributed by atoms with van der Waals surface area (Å²) >= 11 is 0. The van der Waals surface area contributed by atoms with E-state index in [1.165, 1.54) is 13.2 Å². The van der Waals surface area contributed by atoms with Gasteiger partial charge in [0.1, 0.15) is 23.5 Å². The third-order valence-electron chi connectivity index (χ3n) is 2.70. The Kier molecular flexibility index (Phi) is 5.76. The number of nitrogens with one attached hydrogen (secondary N) is 1. The van der Waals surface area contributed by atoms with E-state index in [1.807, 2.05) is 0 Å². The molecule has 1 aromatic rings. The third-order valence-corrected chi connectivity index (χ3v) is 2.70. The Bertz CT molecular complexity index is 537. The van der Waals surface area contributed by atoms with Crippen molar-refractivity contribution in [2.75, 3.05) is 7.11 Å². The summed E-state index contributed by atoms with van der Waals surface area (Å²) in [6.07, 6.45) is -2.51. The lowest BCUT2D eigenvalue weighted by Gasteiger charge is -2.28. The van der Waals surface area contributed by atoms with Crippen LogP contribution in [0.4, 0.5) is 4.79 Å². The summed E-state index contributed by atoms with van der Waals surface area (Å²) in [5.41, 5.74) is -0.578. The number of aliphatic carboxylic acids is 1. The van der Waals surface area contributed by atoms with E-state index in [2.05, 4.69) is 5.32 Å². The number of aliphatic hydroxyl groups excluding tert-OH is 1. The Morgan fingerprint density at radius 2 is 1.86 bits per heavy atom. The smallest absolute Gasteiger partial charge is 0.408 e. The topological polar surface area (TPSA) is 108 Å². The quantitative estimate of drug-likeness (QED) is 0.813. The van der Waals surface area contributed by atoms with Crippen molar-refractivity contribution in [2.45, 2.75) is 38.5 Å². The first kappa shape index (κ1) is 17.8. The summed E-state index contributed by atoms with van der Waals surface area (Å²) in [6, 6.07) is 4.67. The van der Waals surface area contributed by atoms with Crippen LogP contribution in [0.1, 0.15) is 32.4 Å². The molecule has 0 aliphatic rings. The standard InChI is InChI=1S/C15H21NO6/c1-15(2,3)22-14(20)16-11(13(18)19)12(17)9-7-5-6-8-10(9)21-4/h5-8,11-12,17H,1-4H3,(H,16,20)(H,18,19)/p-1/t11-,12-/m1/s1. The van der Waals surface area contributed by atoms with E-state index in [0.717, 1.165) is 0 Å². The maximum Gasteiger partial charge on any atom is 0.408 e. The van der Waals surface area contributed by atoms with Crippen LogP contribution in [-0.4, -0.2) is 35.9 Å². The molecule has 0 aromatic heterocycles. The van der Waals surface area contributed by atoms with Gasteiger partial charge in [-0.05, 0) is 26.8 Å². The number of ether oxygens (including phenoxy) is 2. The van der Waals surface area contributed by atoms with Crippen LogP contribution in [0.25, 0.3) is 0 Å². The molecule has 2 atom stereocenters. The fraction of sp³-hybridized carbons (Fsp3) is 0.467. The SMILES string of the molecule is COc1ccccc1[C@@H](O)[C@@H](NC(=O)OC(C)(C)C)C(=O)[O-]. The fourth-order valence-corrected chi connectivity index (χ4v) is 1.79. The van der Waals surface area contributed by atoms with Gasteiger partial charge in [-0.25, -0.2) is 4.79 Å². The highest BCUT2D eigenvalue weighted by atomic mass is 16.6. The summed E-state index contributed by atoms with van der Waals surface area (Å²) < 4.78 is 10.0. The Hall–Kier alpha value is -2.28. The molecule has 0 aliphatic carbocycles. The first-order valence-electron chi connectivity index (χ1n) is 6.67. The Balaban J connectivity index is 2.96. The fourth-order valence-electron chi connectivity index (χ4n) is 1.79. The molecule has 1 amide bonds. The number of aliphatic hydroxyl groups is 1. The van der Waals surface area contributed by atoms with Crippen LogP contribution in [0.2, 0.25) is 0 Å². The number of carboxylic acid groups (broad SMARTS) is 1. The van der Waals surface area contributed by atoms with Gasteiger partial charge in [-0.1, -0.05) is 18.2 Å². The zero-order valence-corrected chi connectivity index (χ0v) is 13.0. The summed E-state index contributed by atoms with van der Waals surface area (Å²) in [7, 11) is 1.39. The third kappa shape index (κ3) is 4.92. The molecule has 1 aromatic carbocycles. The lowest BCUT2D eigenvalue weighted by molar-refractivity contribution is -0.310. The predicted molar refractivity (Wildman–Crippen MR) is 76.1 cm³/mol. The van der Waals surface area contributed by atoms with Crippen molar-refractivity contribution < 1.29 is 29.3 Å². The van der Waals surface area contributed by atoms with Crippen LogP contribution < -0.4 is 15.2 Å². The number of methoxy groups -OCH3 is 1. The minimum absolute atomic E-state index is 0.218. The lowest BCUT2D eigenvalue weighted by atomic mass is 10.0. The van der Waals surface area contributed by atoms with Crippen molar-refractivity contribution in [2.24, 2.45) is 0 Å². The zero-order chi connectivity index (χ0) is 16.9. The van der Waals surface area contributed by atoms with Gasteiger partial charge in [0, 0.05) is 5.56 Å². The number of hydrogen-bond acceptors (Lipinski definition) is 6. The van der Waals surface area contributed by atoms with Crippen molar-refractivity contribution in [1.29, 1.82) is 0 Å². The number of alkyl carbamates (subject to hydrolysis) is 1. The van der Waals surface area contributed by atoms with Crippen molar-refractivity contribution in [3.63, 3.8) is 0 Å². The molecule has 0 bridgehead atoms. The first-order valence-corrected chi connectivity index (χ1v) is 6.67. The lowest BCUT2D eigenvalue weighted by Crippen LogP contribution is -2.52. The number of carboxylic acids is 1. The molecule has 0 saturated heterocycles. The van der Waals surface area contributed by atoms with Crippen LogP contribution in [0, 0.1) is 0 Å². The minimum atomic E-state index is -1.67. The summed E-state index contributed by atoms with van der Waals surface area (Å²) in [6.45, 7) is 4.91. The highest BCUT2D eigenvalue weighted by molar-refractivity contribution is 5.79. The second kappa shape index (κ2) is 7.13. The van der Waals surface area contributed by atoms with Gasteiger partial charge < -0.3 is 29.8 Å². The number of amides is 1. The van der Waals surface area contributed by atoms with Gasteiger partial charge in [0.15, 0.2) is 0 Å². The number of hydrogen-bond donors (Lipinski definition) is 2. The van der Waals surface area contributed by atoms with Crippen LogP contribution in [-0.2, 0) is 9.53 Å². The maximum absolute atomic E-state index is 11.7. The molecular weight excluding hydrogens is 290 g/mol. The van der Waals surface area contributed by atoms with Crippen LogP contribution in [0.15, 0.2) is 24.3 Å². The average Bonchev–Trinajstić information content (AvgIpc) is 2.41. The number of rotatable bonds is 5. The highest BCUT2D eigenvalue weighted by Crippen LogP contribution is 2.27. The number of carbonyl (C=O) groups is 2. The van der Waals surface area contributed by atoms with Gasteiger partial charge in [-0.3, -0.25) is 0 Å². The van der Waals surface area contributed by atoms with Gasteiger partial charge in [0.2, 0.25) is 0 Å². The van der Waals surface area contributed by atoms with Crippen molar-refractivity contribution >= 4 is 12.1 Å². The van der Waals surface area contributed by atoms with Gasteiger partial charge in [-0.2, -0.15) is 0 Å². The molecule has 22 heavy (non-hydrogen) atoms. The average molecular weight is 310 g/mol. The van der Waals surface area contributed by atoms with E-state index in [4.69, 9.17) is 9.47 Å². The van der Waals surface area contributed by atoms with E-state index >= 15 is 0 Å². The Labute approximate surface area is 128 Å². The largest absolute Gasteiger partial charge is 0.548 e. The number of para-hydroxylation sites is 1. The molecule has 1 rings (SSSR count). The van der Waals surface area contributed by atoms with E-state index in [0.29, 0.717) is 5.75 Å². The van der Waals surface area contributed by atoms with Crippen molar-refractivity contribution in [3.8, 4) is 5.75 Å². The van der Waals surface area contributed by atoms with E-state index < -0.39 is 29.8 Å². The Morgan fingerprint density at radius 1 is 1.27 bits per heavy atom. The van der Waals surface area contributed by atoms with Gasteiger partial charge in [-0.15, -0.1) is 0 Å². The normalized spacial score (nSPS) is 13.9. The van der Waals surface area contributed by atoms with Gasteiger partial charge in [0.25, 0.3) is 0 Å². The summed E-state index contributed by atoms with van der Waals surface area (Å²) in [5, 5.41) is 23.6. The highest BCUT2D eigenvalue weighted by Gasteiger charge is 2.28. The number of benzene rings is 1. The molecule has 7 nitrogen and oxygen atoms in total. The molecule has 0 unspecified atom stereocenters. The molecular formula is C15H20NO6-. The number of carbonyl (C=O) groups excluding carboxylic acids is 2. The second-order valence-corrected chi connectivity index (χ2v) is 5.63. The molecule has 7 heteroatoms. The van der Waals surface area contributed by atoms with Crippen molar-refractivity contribution in [3.05, 3.63) is 29.8 Å². The Morgan fingerprint density at radius 3 is 2.36 bits per heavy atom. The van der Waals surface area contributed by atoms with Crippen molar-refractivity contribution in [1.82, 2.24) is 5.32 Å². The summed E-state index contributed by atoms with van der Waals surface area (Å²) in [5.74, 6) is -1.34. The second-order valence-electron chi connectivity index (χ2n) is 5.63. The first-order chi connectivity index (χ1) is 10.2. The van der Waals surface area contributed by atoms with Crippen LogP contribution >= 0.6 is 0 Å². The van der Waals surface area contributed by atoms with E-state index in [1.54, 1.807) is 39.0 Å². The molecule has 0 fully saturated rings. The van der Waals surface area contributed by atoms with Gasteiger partial charge >= 0.3 is 6.09 Å². The minimum Gasteiger partial charge on any atom is -0.548 e. The summed E-state index contributed by atoms with van der Waals surface area (Å²) in [4.78, 5) is 22.9. The van der Waals surface area contributed by atoms with Crippen LogP contribution in [0.3, 0.4) is 0 Å². The molecule has 0 aliphatic heterocycles. The maximum atomic E-state index is 11.7. The molecule has 0 saturated carbocycles. The molecule has 122 valence electrons. The molecule has 0 spiro atoms. The molecule has 2 N–H and O–H groups in total.